The molecule has 1 N–H and O–H groups in total. The van der Waals surface area contributed by atoms with E-state index in [1.165, 1.54) is 12.8 Å². The van der Waals surface area contributed by atoms with Gasteiger partial charge in [0.2, 0.25) is 0 Å². The van der Waals surface area contributed by atoms with Crippen molar-refractivity contribution in [2.45, 2.75) is 51.5 Å². The fourth-order valence-electron chi connectivity index (χ4n) is 4.57. The summed E-state index contributed by atoms with van der Waals surface area (Å²) in [6.45, 7) is 7.06. The highest BCUT2D eigenvalue weighted by molar-refractivity contribution is 5.97. The van der Waals surface area contributed by atoms with Crippen LogP contribution < -0.4 is 10.9 Å². The van der Waals surface area contributed by atoms with E-state index in [0.717, 1.165) is 77.2 Å². The van der Waals surface area contributed by atoms with Crippen LogP contribution in [0, 0.1) is 0 Å². The Hall–Kier alpha value is -2.25. The maximum atomic E-state index is 12.9. The molecule has 2 aliphatic heterocycles. The molecule has 168 valence electrons. The van der Waals surface area contributed by atoms with Crippen molar-refractivity contribution in [3.63, 3.8) is 0 Å². The molecular weight excluding hydrogens is 390 g/mol. The molecule has 0 bridgehead atoms. The van der Waals surface area contributed by atoms with Gasteiger partial charge in [0.25, 0.3) is 11.5 Å². The number of likely N-dealkylation sites (N-methyl/N-ethyl adjacent to an activating group) is 1. The number of nitrogens with one attached hydrogen (secondary N) is 1. The fourth-order valence-corrected chi connectivity index (χ4v) is 4.57. The minimum atomic E-state index is -0.0878. The maximum Gasteiger partial charge on any atom is 0.261 e. The van der Waals surface area contributed by atoms with E-state index in [2.05, 4.69) is 22.2 Å². The Labute approximate surface area is 184 Å². The van der Waals surface area contributed by atoms with Gasteiger partial charge in [-0.2, -0.15) is 0 Å². The van der Waals surface area contributed by atoms with Crippen molar-refractivity contribution < 1.29 is 4.79 Å². The molecule has 0 radical (unpaired) electrons. The molecular formula is C24H35N5O2. The highest BCUT2D eigenvalue weighted by Crippen LogP contribution is 2.16. The first-order chi connectivity index (χ1) is 15.1. The lowest BCUT2D eigenvalue weighted by Crippen LogP contribution is -2.44. The van der Waals surface area contributed by atoms with E-state index < -0.39 is 0 Å². The van der Waals surface area contributed by atoms with Crippen molar-refractivity contribution in [2.24, 2.45) is 0 Å². The second-order valence-electron chi connectivity index (χ2n) is 8.99. The second-order valence-corrected chi connectivity index (χ2v) is 8.99. The third-order valence-electron chi connectivity index (χ3n) is 6.61. The van der Waals surface area contributed by atoms with E-state index in [0.29, 0.717) is 23.0 Å². The summed E-state index contributed by atoms with van der Waals surface area (Å²) in [5.41, 5.74) is 1.24. The molecule has 0 spiro atoms. The number of rotatable bonds is 6. The Morgan fingerprint density at radius 2 is 1.84 bits per heavy atom. The van der Waals surface area contributed by atoms with Crippen molar-refractivity contribution >= 4 is 16.8 Å². The number of aryl methyl sites for hydroxylation is 1. The lowest BCUT2D eigenvalue weighted by Gasteiger charge is -2.32. The van der Waals surface area contributed by atoms with Crippen LogP contribution in [-0.4, -0.2) is 71.6 Å². The smallest absolute Gasteiger partial charge is 0.261 e. The van der Waals surface area contributed by atoms with Crippen LogP contribution in [0.15, 0.2) is 23.0 Å². The molecule has 0 aliphatic carbocycles. The summed E-state index contributed by atoms with van der Waals surface area (Å²) in [4.78, 5) is 35.2. The van der Waals surface area contributed by atoms with Gasteiger partial charge < -0.3 is 15.1 Å². The summed E-state index contributed by atoms with van der Waals surface area (Å²) in [5, 5.41) is 3.63. The van der Waals surface area contributed by atoms with Gasteiger partial charge in [0, 0.05) is 51.3 Å². The molecule has 1 saturated heterocycles. The van der Waals surface area contributed by atoms with Crippen LogP contribution in [0.25, 0.3) is 10.9 Å². The topological polar surface area (TPSA) is 70.5 Å². The molecule has 0 unspecified atom stereocenters. The standard InChI is InChI=1S/C24H35N5O2/c1-27-14-16-28(17-15-27)12-7-5-11-25-23(30)19-9-10-20-21(18-19)26-22-8-4-2-3-6-13-29(22)24(20)31/h9-10,18H,2-8,11-17H2,1H3,(H,25,30). The first kappa shape index (κ1) is 22.0. The zero-order valence-corrected chi connectivity index (χ0v) is 18.7. The lowest BCUT2D eigenvalue weighted by atomic mass is 10.1. The number of piperazine rings is 1. The van der Waals surface area contributed by atoms with Gasteiger partial charge in [-0.25, -0.2) is 4.98 Å². The summed E-state index contributed by atoms with van der Waals surface area (Å²) in [7, 11) is 2.17. The zero-order valence-electron chi connectivity index (χ0n) is 18.7. The zero-order chi connectivity index (χ0) is 21.6. The highest BCUT2D eigenvalue weighted by Gasteiger charge is 2.15. The summed E-state index contributed by atoms with van der Waals surface area (Å²) in [6, 6.07) is 5.29. The first-order valence-electron chi connectivity index (χ1n) is 11.8. The predicted octanol–water partition coefficient (Wildman–Crippen LogP) is 2.27. The maximum absolute atomic E-state index is 12.9. The van der Waals surface area contributed by atoms with Crippen molar-refractivity contribution in [1.82, 2.24) is 24.7 Å². The molecule has 0 saturated carbocycles. The molecule has 2 aromatic rings. The quantitative estimate of drug-likeness (QED) is 0.719. The molecule has 31 heavy (non-hydrogen) atoms. The Bertz CT molecular complexity index is 962. The Kier molecular flexibility index (Phi) is 7.35. The molecule has 7 nitrogen and oxygen atoms in total. The van der Waals surface area contributed by atoms with Crippen LogP contribution in [0.4, 0.5) is 0 Å². The number of hydrogen-bond donors (Lipinski definition) is 1. The van der Waals surface area contributed by atoms with E-state index in [4.69, 9.17) is 4.98 Å². The van der Waals surface area contributed by atoms with Gasteiger partial charge in [-0.1, -0.05) is 12.8 Å². The average Bonchev–Trinajstić information content (AvgIpc) is 2.75. The summed E-state index contributed by atoms with van der Waals surface area (Å²) in [6.07, 6.45) is 7.32. The fraction of sp³-hybridized carbons (Fsp3) is 0.625. The predicted molar refractivity (Wildman–Crippen MR) is 124 cm³/mol. The number of carbonyl (C=O) groups excluding carboxylic acids is 1. The number of fused-ring (bicyclic) bond motifs is 2. The number of amides is 1. The second kappa shape index (κ2) is 10.4. The number of carbonyl (C=O) groups is 1. The van der Waals surface area contributed by atoms with Crippen LogP contribution in [-0.2, 0) is 13.0 Å². The molecule has 3 heterocycles. The molecule has 0 atom stereocenters. The van der Waals surface area contributed by atoms with Gasteiger partial charge in [-0.05, 0) is 57.5 Å². The minimum absolute atomic E-state index is 0.0257. The Balaban J connectivity index is 1.34. The van der Waals surface area contributed by atoms with Crippen LogP contribution in [0.1, 0.15) is 54.7 Å². The van der Waals surface area contributed by atoms with Gasteiger partial charge in [0.1, 0.15) is 5.82 Å². The Morgan fingerprint density at radius 1 is 1.03 bits per heavy atom. The number of benzene rings is 1. The third kappa shape index (κ3) is 5.52. The number of nitrogens with zero attached hydrogens (tertiary/aromatic N) is 4. The van der Waals surface area contributed by atoms with Crippen LogP contribution in [0.5, 0.6) is 0 Å². The highest BCUT2D eigenvalue weighted by atomic mass is 16.1. The van der Waals surface area contributed by atoms with Crippen LogP contribution in [0.2, 0.25) is 0 Å². The summed E-state index contributed by atoms with van der Waals surface area (Å²) < 4.78 is 1.83. The first-order valence-corrected chi connectivity index (χ1v) is 11.8. The van der Waals surface area contributed by atoms with Gasteiger partial charge in [-0.15, -0.1) is 0 Å². The molecule has 4 rings (SSSR count). The molecule has 7 heteroatoms. The van der Waals surface area contributed by atoms with Gasteiger partial charge >= 0.3 is 0 Å². The van der Waals surface area contributed by atoms with E-state index in [1.54, 1.807) is 18.2 Å². The molecule has 1 amide bonds. The van der Waals surface area contributed by atoms with E-state index in [-0.39, 0.29) is 11.5 Å². The SMILES string of the molecule is CN1CCN(CCCCNC(=O)c2ccc3c(=O)n4c(nc3c2)CCCCCC4)CC1. The van der Waals surface area contributed by atoms with E-state index >= 15 is 0 Å². The van der Waals surface area contributed by atoms with Crippen LogP contribution >= 0.6 is 0 Å². The number of unbranched alkanes of at least 4 members (excludes halogenated alkanes) is 1. The normalized spacial score (nSPS) is 18.4. The van der Waals surface area contributed by atoms with Gasteiger partial charge in [0.15, 0.2) is 0 Å². The van der Waals surface area contributed by atoms with Crippen molar-refractivity contribution in [1.29, 1.82) is 0 Å². The number of aromatic nitrogens is 2. The van der Waals surface area contributed by atoms with Crippen LogP contribution in [0.3, 0.4) is 0 Å². The lowest BCUT2D eigenvalue weighted by molar-refractivity contribution is 0.0952. The van der Waals surface area contributed by atoms with Gasteiger partial charge in [0.05, 0.1) is 10.9 Å². The van der Waals surface area contributed by atoms with Crippen molar-refractivity contribution in [2.75, 3.05) is 46.3 Å². The number of hydrogen-bond acceptors (Lipinski definition) is 5. The van der Waals surface area contributed by atoms with Gasteiger partial charge in [-0.3, -0.25) is 14.2 Å². The summed E-state index contributed by atoms with van der Waals surface area (Å²) >= 11 is 0. The van der Waals surface area contributed by atoms with Crippen molar-refractivity contribution in [3.8, 4) is 0 Å². The molecule has 1 aromatic carbocycles. The third-order valence-corrected chi connectivity index (χ3v) is 6.61. The minimum Gasteiger partial charge on any atom is -0.352 e. The van der Waals surface area contributed by atoms with E-state index in [1.807, 2.05) is 4.57 Å². The molecule has 1 aromatic heterocycles. The van der Waals surface area contributed by atoms with Crippen molar-refractivity contribution in [3.05, 3.63) is 39.9 Å². The summed E-state index contributed by atoms with van der Waals surface area (Å²) in [5.74, 6) is 0.772. The molecule has 2 aliphatic rings. The average molecular weight is 426 g/mol. The monoisotopic (exact) mass is 425 g/mol. The Morgan fingerprint density at radius 3 is 2.68 bits per heavy atom. The largest absolute Gasteiger partial charge is 0.352 e. The van der Waals surface area contributed by atoms with E-state index in [9.17, 15) is 9.59 Å². The molecule has 1 fully saturated rings.